The number of ether oxygens (including phenoxy) is 1. The fraction of sp³-hybridized carbons (Fsp3) is 0.214. The molecule has 2 N–H and O–H groups in total. The number of anilines is 2. The van der Waals surface area contributed by atoms with Crippen molar-refractivity contribution in [3.63, 3.8) is 0 Å². The molecule has 2 aromatic rings. The summed E-state index contributed by atoms with van der Waals surface area (Å²) >= 11 is 1.26. The van der Waals surface area contributed by atoms with Crippen LogP contribution in [-0.4, -0.2) is 14.2 Å². The highest BCUT2D eigenvalue weighted by atomic mass is 32.1. The molecule has 0 bridgehead atoms. The van der Waals surface area contributed by atoms with Gasteiger partial charge in [-0.2, -0.15) is 5.26 Å². The highest BCUT2D eigenvalue weighted by Gasteiger charge is 2.19. The van der Waals surface area contributed by atoms with E-state index < -0.39 is 0 Å². The van der Waals surface area contributed by atoms with Crippen LogP contribution in [0, 0.1) is 17.1 Å². The number of nitrogens with zero attached hydrogens (tertiary/aromatic N) is 2. The van der Waals surface area contributed by atoms with Gasteiger partial charge in [0.1, 0.15) is 27.5 Å². The number of hydrogen-bond donors (Lipinski definition) is 1. The first-order valence-corrected chi connectivity index (χ1v) is 6.70. The standard InChI is InChI=1S/C14H14FN3OS/c1-18(8-9-4-3-5-10(15)6-9)14-13(19-2)12(17)11(7-16)20-14/h3-6H,8,17H2,1-2H3. The van der Waals surface area contributed by atoms with Gasteiger partial charge < -0.3 is 15.4 Å². The second-order valence-corrected chi connectivity index (χ2v) is 5.28. The van der Waals surface area contributed by atoms with Crippen LogP contribution < -0.4 is 15.4 Å². The topological polar surface area (TPSA) is 62.3 Å². The van der Waals surface area contributed by atoms with Crippen molar-refractivity contribution in [3.8, 4) is 11.8 Å². The van der Waals surface area contributed by atoms with Crippen LogP contribution >= 0.6 is 11.3 Å². The summed E-state index contributed by atoms with van der Waals surface area (Å²) in [6.07, 6.45) is 0. The first-order chi connectivity index (χ1) is 9.56. The minimum Gasteiger partial charge on any atom is -0.492 e. The number of benzene rings is 1. The molecule has 104 valence electrons. The van der Waals surface area contributed by atoms with Crippen LogP contribution in [0.3, 0.4) is 0 Å². The maximum atomic E-state index is 13.2. The van der Waals surface area contributed by atoms with Gasteiger partial charge in [0.2, 0.25) is 0 Å². The molecule has 0 amide bonds. The third-order valence-corrected chi connectivity index (χ3v) is 4.05. The number of methoxy groups -OCH3 is 1. The zero-order valence-corrected chi connectivity index (χ0v) is 12.0. The first-order valence-electron chi connectivity index (χ1n) is 5.88. The maximum Gasteiger partial charge on any atom is 0.177 e. The Morgan fingerprint density at radius 2 is 2.25 bits per heavy atom. The summed E-state index contributed by atoms with van der Waals surface area (Å²) in [6.45, 7) is 0.499. The van der Waals surface area contributed by atoms with Crippen molar-refractivity contribution in [3.05, 3.63) is 40.5 Å². The SMILES string of the molecule is COc1c(N(C)Cc2cccc(F)c2)sc(C#N)c1N. The van der Waals surface area contributed by atoms with Crippen LogP contribution in [0.25, 0.3) is 0 Å². The van der Waals surface area contributed by atoms with Crippen LogP contribution in [0.15, 0.2) is 24.3 Å². The van der Waals surface area contributed by atoms with Gasteiger partial charge in [-0.05, 0) is 17.7 Å². The Morgan fingerprint density at radius 1 is 1.50 bits per heavy atom. The monoisotopic (exact) mass is 291 g/mol. The zero-order valence-electron chi connectivity index (χ0n) is 11.2. The Bertz CT molecular complexity index is 663. The van der Waals surface area contributed by atoms with Crippen LogP contribution in [0.1, 0.15) is 10.4 Å². The van der Waals surface area contributed by atoms with E-state index in [2.05, 4.69) is 0 Å². The minimum absolute atomic E-state index is 0.272. The van der Waals surface area contributed by atoms with Crippen molar-refractivity contribution < 1.29 is 9.13 Å². The average molecular weight is 291 g/mol. The first kappa shape index (κ1) is 14.2. The van der Waals surface area contributed by atoms with Crippen LogP contribution in [0.5, 0.6) is 5.75 Å². The second-order valence-electron chi connectivity index (χ2n) is 4.28. The molecule has 0 atom stereocenters. The van der Waals surface area contributed by atoms with E-state index in [0.717, 1.165) is 10.6 Å². The number of nitriles is 1. The predicted molar refractivity (Wildman–Crippen MR) is 78.5 cm³/mol. The summed E-state index contributed by atoms with van der Waals surface area (Å²) in [5.74, 6) is 0.219. The molecule has 0 aliphatic carbocycles. The highest BCUT2D eigenvalue weighted by Crippen LogP contribution is 2.44. The molecule has 4 nitrogen and oxygen atoms in total. The summed E-state index contributed by atoms with van der Waals surface area (Å²) in [5, 5.41) is 9.77. The van der Waals surface area contributed by atoms with E-state index in [9.17, 15) is 4.39 Å². The number of thiophene rings is 1. The second kappa shape index (κ2) is 5.80. The smallest absolute Gasteiger partial charge is 0.177 e. The highest BCUT2D eigenvalue weighted by molar-refractivity contribution is 7.17. The van der Waals surface area contributed by atoms with Crippen LogP contribution in [0.4, 0.5) is 15.1 Å². The summed E-state index contributed by atoms with van der Waals surface area (Å²) in [7, 11) is 3.36. The van der Waals surface area contributed by atoms with Crippen LogP contribution in [-0.2, 0) is 6.54 Å². The van der Waals surface area contributed by atoms with Crippen LogP contribution in [0.2, 0.25) is 0 Å². The number of nitrogen functional groups attached to an aromatic ring is 1. The van der Waals surface area contributed by atoms with Gasteiger partial charge in [0, 0.05) is 13.6 Å². The van der Waals surface area contributed by atoms with Crippen molar-refractivity contribution in [2.45, 2.75) is 6.54 Å². The number of halogens is 1. The van der Waals surface area contributed by atoms with E-state index in [1.54, 1.807) is 6.07 Å². The molecule has 0 aliphatic rings. The molecule has 6 heteroatoms. The molecule has 20 heavy (non-hydrogen) atoms. The third-order valence-electron chi connectivity index (χ3n) is 2.84. The lowest BCUT2D eigenvalue weighted by molar-refractivity contribution is 0.418. The average Bonchev–Trinajstić information content (AvgIpc) is 2.75. The molecule has 2 rings (SSSR count). The largest absolute Gasteiger partial charge is 0.492 e. The molecule has 0 saturated carbocycles. The molecule has 0 radical (unpaired) electrons. The Balaban J connectivity index is 2.30. The Kier molecular flexibility index (Phi) is 4.11. The number of rotatable bonds is 4. The van der Waals surface area contributed by atoms with Gasteiger partial charge in [-0.3, -0.25) is 0 Å². The van der Waals surface area contributed by atoms with Gasteiger partial charge in [-0.25, -0.2) is 4.39 Å². The van der Waals surface area contributed by atoms with E-state index in [0.29, 0.717) is 22.9 Å². The summed E-state index contributed by atoms with van der Waals surface area (Å²) < 4.78 is 18.4. The summed E-state index contributed by atoms with van der Waals surface area (Å²) in [4.78, 5) is 2.30. The van der Waals surface area contributed by atoms with E-state index in [1.165, 1.54) is 30.6 Å². The molecule has 1 heterocycles. The molecule has 0 spiro atoms. The molecule has 1 aromatic carbocycles. The van der Waals surface area contributed by atoms with E-state index in [-0.39, 0.29) is 5.82 Å². The van der Waals surface area contributed by atoms with Crippen molar-refractivity contribution in [2.24, 2.45) is 0 Å². The van der Waals surface area contributed by atoms with Crippen molar-refractivity contribution >= 4 is 22.0 Å². The van der Waals surface area contributed by atoms with Gasteiger partial charge in [-0.1, -0.05) is 12.1 Å². The molecular weight excluding hydrogens is 277 g/mol. The van der Waals surface area contributed by atoms with Gasteiger partial charge >= 0.3 is 0 Å². The lowest BCUT2D eigenvalue weighted by atomic mass is 10.2. The molecule has 0 fully saturated rings. The third kappa shape index (κ3) is 2.68. The normalized spacial score (nSPS) is 10.1. The fourth-order valence-electron chi connectivity index (χ4n) is 1.93. The quantitative estimate of drug-likeness (QED) is 0.940. The lowest BCUT2D eigenvalue weighted by Crippen LogP contribution is -2.16. The Labute approximate surface area is 120 Å². The number of hydrogen-bond acceptors (Lipinski definition) is 5. The van der Waals surface area contributed by atoms with E-state index in [4.69, 9.17) is 15.7 Å². The molecule has 1 aromatic heterocycles. The van der Waals surface area contributed by atoms with E-state index >= 15 is 0 Å². The van der Waals surface area contributed by atoms with Crippen molar-refractivity contribution in [1.29, 1.82) is 5.26 Å². The molecule has 0 unspecified atom stereocenters. The summed E-state index contributed by atoms with van der Waals surface area (Å²) in [6, 6.07) is 8.43. The van der Waals surface area contributed by atoms with Gasteiger partial charge in [0.15, 0.2) is 5.75 Å². The predicted octanol–water partition coefficient (Wildman–Crippen LogP) is 2.99. The fourth-order valence-corrected chi connectivity index (χ4v) is 2.88. The molecule has 0 saturated heterocycles. The van der Waals surface area contributed by atoms with Gasteiger partial charge in [0.25, 0.3) is 0 Å². The van der Waals surface area contributed by atoms with Crippen molar-refractivity contribution in [2.75, 3.05) is 24.8 Å². The Hall–Kier alpha value is -2.26. The molecule has 0 aliphatic heterocycles. The lowest BCUT2D eigenvalue weighted by Gasteiger charge is -2.18. The Morgan fingerprint density at radius 3 is 2.85 bits per heavy atom. The minimum atomic E-state index is -0.272. The molecular formula is C14H14FN3OS. The summed E-state index contributed by atoms with van der Waals surface area (Å²) in [5.41, 5.74) is 7.04. The van der Waals surface area contributed by atoms with Crippen molar-refractivity contribution in [1.82, 2.24) is 0 Å². The number of nitrogens with two attached hydrogens (primary N) is 1. The zero-order chi connectivity index (χ0) is 14.7. The van der Waals surface area contributed by atoms with Gasteiger partial charge in [-0.15, -0.1) is 11.3 Å². The van der Waals surface area contributed by atoms with Gasteiger partial charge in [0.05, 0.1) is 7.11 Å². The maximum absolute atomic E-state index is 13.2. The van der Waals surface area contributed by atoms with E-state index in [1.807, 2.05) is 24.1 Å².